The van der Waals surface area contributed by atoms with Crippen molar-refractivity contribution >= 4 is 28.5 Å². The summed E-state index contributed by atoms with van der Waals surface area (Å²) in [5.74, 6) is 1.80. The number of hydrogen-bond donors (Lipinski definition) is 1. The van der Waals surface area contributed by atoms with Crippen LogP contribution in [-0.2, 0) is 24.2 Å². The van der Waals surface area contributed by atoms with E-state index in [1.807, 2.05) is 72.8 Å². The van der Waals surface area contributed by atoms with Crippen LogP contribution in [0.5, 0.6) is 5.75 Å². The third-order valence-electron chi connectivity index (χ3n) is 5.22. The van der Waals surface area contributed by atoms with E-state index in [1.165, 1.54) is 0 Å². The minimum Gasteiger partial charge on any atom is -0.494 e. The van der Waals surface area contributed by atoms with Crippen LogP contribution in [0.1, 0.15) is 17.8 Å². The van der Waals surface area contributed by atoms with Crippen LogP contribution in [0.3, 0.4) is 0 Å². The number of imidazole rings is 1. The molecule has 0 aliphatic carbocycles. The van der Waals surface area contributed by atoms with Crippen LogP contribution >= 0.6 is 11.6 Å². The summed E-state index contributed by atoms with van der Waals surface area (Å²) in [5, 5.41) is 3.71. The van der Waals surface area contributed by atoms with Crippen LogP contribution in [0.2, 0.25) is 5.02 Å². The third kappa shape index (κ3) is 5.89. The highest BCUT2D eigenvalue weighted by molar-refractivity contribution is 6.30. The first-order valence-corrected chi connectivity index (χ1v) is 11.2. The van der Waals surface area contributed by atoms with Gasteiger partial charge in [0.05, 0.1) is 24.1 Å². The summed E-state index contributed by atoms with van der Waals surface area (Å²) in [4.78, 5) is 17.1. The molecule has 0 bridgehead atoms. The van der Waals surface area contributed by atoms with Crippen molar-refractivity contribution in [2.45, 2.75) is 25.8 Å². The highest BCUT2D eigenvalue weighted by atomic mass is 35.5. The van der Waals surface area contributed by atoms with Gasteiger partial charge in [-0.3, -0.25) is 4.79 Å². The van der Waals surface area contributed by atoms with Crippen molar-refractivity contribution in [3.8, 4) is 5.75 Å². The van der Waals surface area contributed by atoms with Crippen LogP contribution in [0.4, 0.5) is 0 Å². The zero-order chi connectivity index (χ0) is 22.2. The van der Waals surface area contributed by atoms with Crippen molar-refractivity contribution < 1.29 is 9.53 Å². The Morgan fingerprint density at radius 1 is 0.969 bits per heavy atom. The molecule has 1 aromatic heterocycles. The molecule has 0 aliphatic rings. The van der Waals surface area contributed by atoms with Gasteiger partial charge in [0, 0.05) is 24.5 Å². The Kier molecular flexibility index (Phi) is 7.41. The van der Waals surface area contributed by atoms with Gasteiger partial charge in [0.2, 0.25) is 5.91 Å². The first kappa shape index (κ1) is 21.9. The zero-order valence-electron chi connectivity index (χ0n) is 17.8. The number of aryl methyl sites for hydroxylation is 1. The van der Waals surface area contributed by atoms with Crippen molar-refractivity contribution in [3.05, 3.63) is 95.3 Å². The second kappa shape index (κ2) is 10.8. The van der Waals surface area contributed by atoms with Crippen molar-refractivity contribution in [1.29, 1.82) is 0 Å². The predicted molar refractivity (Wildman–Crippen MR) is 128 cm³/mol. The number of carbonyl (C=O) groups is 1. The number of hydrogen-bond acceptors (Lipinski definition) is 3. The lowest BCUT2D eigenvalue weighted by molar-refractivity contribution is -0.120. The smallest absolute Gasteiger partial charge is 0.224 e. The highest BCUT2D eigenvalue weighted by Gasteiger charge is 2.11. The first-order valence-electron chi connectivity index (χ1n) is 10.8. The van der Waals surface area contributed by atoms with E-state index in [1.54, 1.807) is 0 Å². The predicted octanol–water partition coefficient (Wildman–Crippen LogP) is 5.06. The Hall–Kier alpha value is -3.31. The summed E-state index contributed by atoms with van der Waals surface area (Å²) in [6.45, 7) is 1.94. The molecule has 0 radical (unpaired) electrons. The molecular formula is C26H26ClN3O2. The van der Waals surface area contributed by atoms with Gasteiger partial charge in [-0.25, -0.2) is 4.98 Å². The summed E-state index contributed by atoms with van der Waals surface area (Å²) < 4.78 is 8.06. The summed E-state index contributed by atoms with van der Waals surface area (Å²) in [5.41, 5.74) is 3.08. The number of amides is 1. The second-order valence-corrected chi connectivity index (χ2v) is 8.02. The molecule has 1 N–H and O–H groups in total. The molecule has 0 fully saturated rings. The normalized spacial score (nSPS) is 10.9. The van der Waals surface area contributed by atoms with Crippen molar-refractivity contribution in [2.24, 2.45) is 0 Å². The maximum atomic E-state index is 12.3. The number of ether oxygens (including phenoxy) is 1. The topological polar surface area (TPSA) is 56.2 Å². The molecule has 0 spiro atoms. The quantitative estimate of drug-likeness (QED) is 0.346. The number of carbonyl (C=O) groups excluding carboxylic acids is 1. The average molecular weight is 448 g/mol. The Morgan fingerprint density at radius 2 is 1.72 bits per heavy atom. The fraction of sp³-hybridized carbons (Fsp3) is 0.231. The van der Waals surface area contributed by atoms with Crippen LogP contribution in [0, 0.1) is 0 Å². The second-order valence-electron chi connectivity index (χ2n) is 7.59. The number of para-hydroxylation sites is 2. The molecule has 4 rings (SSSR count). The van der Waals surface area contributed by atoms with Crippen molar-refractivity contribution in [1.82, 2.24) is 14.9 Å². The number of nitrogens with one attached hydrogen (secondary N) is 1. The van der Waals surface area contributed by atoms with Gasteiger partial charge in [-0.2, -0.15) is 0 Å². The molecule has 0 atom stereocenters. The third-order valence-corrected chi connectivity index (χ3v) is 5.47. The van der Waals surface area contributed by atoms with Crippen molar-refractivity contribution in [3.63, 3.8) is 0 Å². The van der Waals surface area contributed by atoms with Crippen molar-refractivity contribution in [2.75, 3.05) is 13.2 Å². The largest absolute Gasteiger partial charge is 0.494 e. The summed E-state index contributed by atoms with van der Waals surface area (Å²) in [7, 11) is 0. The van der Waals surface area contributed by atoms with E-state index >= 15 is 0 Å². The Bertz CT molecular complexity index is 1160. The average Bonchev–Trinajstić information content (AvgIpc) is 3.16. The lowest BCUT2D eigenvalue weighted by atomic mass is 10.1. The molecule has 0 aliphatic heterocycles. The Labute approximate surface area is 193 Å². The fourth-order valence-corrected chi connectivity index (χ4v) is 3.79. The SMILES string of the molecule is O=C(Cc1ccccc1)NCCc1nc2ccccc2n1CCCOc1ccc(Cl)cc1. The summed E-state index contributed by atoms with van der Waals surface area (Å²) in [6.07, 6.45) is 1.91. The molecule has 1 heterocycles. The molecule has 5 nitrogen and oxygen atoms in total. The van der Waals surface area contributed by atoms with Gasteiger partial charge in [0.25, 0.3) is 0 Å². The summed E-state index contributed by atoms with van der Waals surface area (Å²) in [6, 6.07) is 25.3. The van der Waals surface area contributed by atoms with E-state index in [-0.39, 0.29) is 5.91 Å². The standard InChI is InChI=1S/C26H26ClN3O2/c27-21-11-13-22(14-12-21)32-18-6-17-30-24-10-5-4-9-23(24)29-25(30)15-16-28-26(31)19-20-7-2-1-3-8-20/h1-5,7-14H,6,15-19H2,(H,28,31). The van der Waals surface area contributed by atoms with Gasteiger partial charge in [0.15, 0.2) is 0 Å². The molecule has 164 valence electrons. The van der Waals surface area contributed by atoms with Crippen LogP contribution < -0.4 is 10.1 Å². The molecule has 32 heavy (non-hydrogen) atoms. The maximum absolute atomic E-state index is 12.3. The van der Waals surface area contributed by atoms with Gasteiger partial charge in [-0.05, 0) is 48.4 Å². The first-order chi connectivity index (χ1) is 15.7. The highest BCUT2D eigenvalue weighted by Crippen LogP contribution is 2.18. The fourth-order valence-electron chi connectivity index (χ4n) is 3.67. The summed E-state index contributed by atoms with van der Waals surface area (Å²) >= 11 is 5.92. The van der Waals surface area contributed by atoms with E-state index in [9.17, 15) is 4.79 Å². The van der Waals surface area contributed by atoms with Crippen LogP contribution in [0.15, 0.2) is 78.9 Å². The number of benzene rings is 3. The van der Waals surface area contributed by atoms with Gasteiger partial charge < -0.3 is 14.6 Å². The molecule has 0 saturated heterocycles. The zero-order valence-corrected chi connectivity index (χ0v) is 18.6. The van der Waals surface area contributed by atoms with E-state index < -0.39 is 0 Å². The monoisotopic (exact) mass is 447 g/mol. The van der Waals surface area contributed by atoms with Gasteiger partial charge in [0.1, 0.15) is 11.6 Å². The molecule has 1 amide bonds. The van der Waals surface area contributed by atoms with E-state index in [0.717, 1.165) is 41.1 Å². The Morgan fingerprint density at radius 3 is 2.53 bits per heavy atom. The number of aromatic nitrogens is 2. The minimum absolute atomic E-state index is 0.0234. The van der Waals surface area contributed by atoms with Gasteiger partial charge in [-0.15, -0.1) is 0 Å². The molecule has 4 aromatic rings. The number of rotatable bonds is 10. The van der Waals surface area contributed by atoms with E-state index in [4.69, 9.17) is 21.3 Å². The van der Waals surface area contributed by atoms with Crippen LogP contribution in [0.25, 0.3) is 11.0 Å². The van der Waals surface area contributed by atoms with Gasteiger partial charge >= 0.3 is 0 Å². The Balaban J connectivity index is 1.33. The lowest BCUT2D eigenvalue weighted by Crippen LogP contribution is -2.28. The minimum atomic E-state index is 0.0234. The number of fused-ring (bicyclic) bond motifs is 1. The molecule has 0 unspecified atom stereocenters. The van der Waals surface area contributed by atoms with E-state index in [0.29, 0.717) is 31.0 Å². The van der Waals surface area contributed by atoms with Gasteiger partial charge in [-0.1, -0.05) is 54.1 Å². The molecular weight excluding hydrogens is 422 g/mol. The maximum Gasteiger partial charge on any atom is 0.224 e. The number of halogens is 1. The molecule has 6 heteroatoms. The molecule has 0 saturated carbocycles. The number of nitrogens with zero attached hydrogens (tertiary/aromatic N) is 2. The lowest BCUT2D eigenvalue weighted by Gasteiger charge is -2.11. The molecule has 3 aromatic carbocycles. The van der Waals surface area contributed by atoms with E-state index in [2.05, 4.69) is 16.0 Å². The van der Waals surface area contributed by atoms with Crippen LogP contribution in [-0.4, -0.2) is 28.6 Å².